The number of hydrogen-bond acceptors (Lipinski definition) is 2. The summed E-state index contributed by atoms with van der Waals surface area (Å²) in [4.78, 5) is 19.1. The number of carboxylic acid groups (broad SMARTS) is 2. The van der Waals surface area contributed by atoms with Crippen LogP contribution in [0.25, 0.3) is 6.08 Å². The van der Waals surface area contributed by atoms with Crippen LogP contribution in [0.1, 0.15) is 6.99 Å². The van der Waals surface area contributed by atoms with E-state index in [4.69, 9.17) is 10.2 Å². The second-order valence-electron chi connectivity index (χ2n) is 2.62. The van der Waals surface area contributed by atoms with Gasteiger partial charge in [0.15, 0.2) is 0 Å². The Labute approximate surface area is 123 Å². The third-order valence-electron chi connectivity index (χ3n) is 1.40. The van der Waals surface area contributed by atoms with Gasteiger partial charge in [0, 0.05) is 12.2 Å². The van der Waals surface area contributed by atoms with Crippen molar-refractivity contribution in [1.29, 1.82) is 0 Å². The average Bonchev–Trinajstić information content (AvgIpc) is 2.28. The molecule has 17 heavy (non-hydrogen) atoms. The summed E-state index contributed by atoms with van der Waals surface area (Å²) < 4.78 is 0. The Hall–Kier alpha value is -1.36. The van der Waals surface area contributed by atoms with Gasteiger partial charge in [0.25, 0.3) is 0 Å². The van der Waals surface area contributed by atoms with Crippen LogP contribution in [0.15, 0.2) is 49.1 Å². The van der Waals surface area contributed by atoms with E-state index >= 15 is 0 Å². The van der Waals surface area contributed by atoms with E-state index in [-0.39, 0.29) is 31.0 Å². The van der Waals surface area contributed by atoms with Gasteiger partial charge in [0.2, 0.25) is 0 Å². The van der Waals surface area contributed by atoms with Crippen molar-refractivity contribution in [1.82, 2.24) is 0 Å². The normalized spacial score (nSPS) is 8.47. The van der Waals surface area contributed by atoms with Crippen LogP contribution in [-0.2, 0) is 9.59 Å². The molecule has 0 aliphatic carbocycles. The molecular formula is C12H13NaO4. The second-order valence-corrected chi connectivity index (χ2v) is 2.62. The van der Waals surface area contributed by atoms with Crippen molar-refractivity contribution in [2.24, 2.45) is 0 Å². The van der Waals surface area contributed by atoms with E-state index < -0.39 is 11.9 Å². The molecule has 0 fully saturated rings. The van der Waals surface area contributed by atoms with E-state index in [1.54, 1.807) is 0 Å². The molecule has 1 aromatic carbocycles. The van der Waals surface area contributed by atoms with Gasteiger partial charge in [-0.1, -0.05) is 43.0 Å². The van der Waals surface area contributed by atoms with Gasteiger partial charge >= 0.3 is 41.5 Å². The topological polar surface area (TPSA) is 74.6 Å². The van der Waals surface area contributed by atoms with E-state index in [0.29, 0.717) is 12.2 Å². The largest absolute Gasteiger partial charge is 1.00 e. The Morgan fingerprint density at radius 3 is 1.71 bits per heavy atom. The summed E-state index contributed by atoms with van der Waals surface area (Å²) in [5.41, 5.74) is 1.17. The number of aliphatic carboxylic acids is 2. The Bertz CT molecular complexity index is 374. The molecule has 1 aromatic rings. The summed E-state index contributed by atoms with van der Waals surface area (Å²) in [6.07, 6.45) is 2.95. The molecule has 0 bridgehead atoms. The molecule has 0 heterocycles. The zero-order valence-electron chi connectivity index (χ0n) is 10.5. The van der Waals surface area contributed by atoms with Gasteiger partial charge in [-0.25, -0.2) is 9.59 Å². The van der Waals surface area contributed by atoms with Crippen molar-refractivity contribution in [3.8, 4) is 0 Å². The molecule has 0 aliphatic heterocycles. The minimum Gasteiger partial charge on any atom is -1.00 e. The predicted octanol–water partition coefficient (Wildman–Crippen LogP) is -0.842. The molecule has 5 heteroatoms. The Morgan fingerprint density at radius 2 is 1.47 bits per heavy atom. The third kappa shape index (κ3) is 12.6. The van der Waals surface area contributed by atoms with Crippen LogP contribution < -0.4 is 29.6 Å². The third-order valence-corrected chi connectivity index (χ3v) is 1.40. The number of carboxylic acids is 2. The van der Waals surface area contributed by atoms with E-state index in [1.165, 1.54) is 5.56 Å². The van der Waals surface area contributed by atoms with Gasteiger partial charge in [-0.05, 0) is 5.56 Å². The summed E-state index contributed by atoms with van der Waals surface area (Å²) in [5, 5.41) is 15.6. The maximum Gasteiger partial charge on any atom is 1.00 e. The smallest absolute Gasteiger partial charge is 1.00 e. The van der Waals surface area contributed by atoms with Gasteiger partial charge < -0.3 is 11.6 Å². The van der Waals surface area contributed by atoms with Crippen LogP contribution in [0, 0.1) is 0 Å². The number of benzene rings is 1. The molecule has 0 amide bonds. The molecule has 0 atom stereocenters. The molecule has 0 aliphatic rings. The molecule has 0 saturated heterocycles. The fourth-order valence-corrected chi connectivity index (χ4v) is 0.732. The van der Waals surface area contributed by atoms with Crippen LogP contribution in [0.2, 0.25) is 0 Å². The summed E-state index contributed by atoms with van der Waals surface area (Å²) in [6.45, 7) is 3.63. The number of rotatable bonds is 3. The first-order valence-electron chi connectivity index (χ1n) is 4.37. The molecule has 0 unspecified atom stereocenters. The average molecular weight is 244 g/mol. The first kappa shape index (κ1) is 18.0. The van der Waals surface area contributed by atoms with Crippen molar-refractivity contribution in [3.05, 3.63) is 54.6 Å². The maximum atomic E-state index is 9.55. The molecule has 0 spiro atoms. The summed E-state index contributed by atoms with van der Waals surface area (Å²) in [7, 11) is 0. The molecule has 2 N–H and O–H groups in total. The summed E-state index contributed by atoms with van der Waals surface area (Å²) in [6, 6.07) is 10.0. The van der Waals surface area contributed by atoms with Crippen LogP contribution in [-0.4, -0.2) is 22.2 Å². The zero-order valence-corrected chi connectivity index (χ0v) is 11.5. The quantitative estimate of drug-likeness (QED) is 0.537. The Kier molecular flexibility index (Phi) is 11.8. The Balaban J connectivity index is -0.000000225. The Morgan fingerprint density at radius 1 is 1.06 bits per heavy atom. The molecule has 0 saturated carbocycles. The summed E-state index contributed by atoms with van der Waals surface area (Å²) in [5.74, 6) is -2.51. The summed E-state index contributed by atoms with van der Waals surface area (Å²) >= 11 is 0. The fourth-order valence-electron chi connectivity index (χ4n) is 0.732. The van der Waals surface area contributed by atoms with E-state index in [1.807, 2.05) is 36.4 Å². The van der Waals surface area contributed by atoms with E-state index in [9.17, 15) is 9.59 Å². The van der Waals surface area contributed by atoms with Crippen LogP contribution in [0.5, 0.6) is 0 Å². The van der Waals surface area contributed by atoms with Crippen LogP contribution in [0.3, 0.4) is 0 Å². The first-order chi connectivity index (χ1) is 7.56. The van der Waals surface area contributed by atoms with Gasteiger partial charge in [-0.3, -0.25) is 0 Å². The van der Waals surface area contributed by atoms with Crippen LogP contribution in [0.4, 0.5) is 0 Å². The molecular weight excluding hydrogens is 231 g/mol. The fraction of sp³-hybridized carbons (Fsp3) is 0. The van der Waals surface area contributed by atoms with E-state index in [0.717, 1.165) is 0 Å². The minimum absolute atomic E-state index is 0. The molecule has 1 rings (SSSR count). The second kappa shape index (κ2) is 11.1. The van der Waals surface area contributed by atoms with Gasteiger partial charge in [-0.15, -0.1) is 0 Å². The molecule has 0 aromatic heterocycles. The van der Waals surface area contributed by atoms with Gasteiger partial charge in [-0.2, -0.15) is 0 Å². The molecule has 4 nitrogen and oxygen atoms in total. The number of carbonyl (C=O) groups is 2. The zero-order chi connectivity index (χ0) is 12.4. The van der Waals surface area contributed by atoms with Crippen molar-refractivity contribution >= 4 is 18.0 Å². The monoisotopic (exact) mass is 244 g/mol. The molecule has 0 radical (unpaired) electrons. The van der Waals surface area contributed by atoms with Gasteiger partial charge in [0.05, 0.1) is 0 Å². The van der Waals surface area contributed by atoms with Gasteiger partial charge in [0.1, 0.15) is 0 Å². The minimum atomic E-state index is -1.26. The van der Waals surface area contributed by atoms with E-state index in [2.05, 4.69) is 6.58 Å². The predicted molar refractivity (Wildman–Crippen MR) is 62.1 cm³/mol. The first-order valence-corrected chi connectivity index (χ1v) is 4.37. The molecule has 86 valence electrons. The maximum absolute atomic E-state index is 9.55. The van der Waals surface area contributed by atoms with Crippen molar-refractivity contribution in [3.63, 3.8) is 0 Å². The van der Waals surface area contributed by atoms with Crippen molar-refractivity contribution in [2.75, 3.05) is 0 Å². The van der Waals surface area contributed by atoms with Crippen molar-refractivity contribution < 1.29 is 50.8 Å². The van der Waals surface area contributed by atoms with Crippen molar-refractivity contribution in [2.45, 2.75) is 0 Å². The SMILES string of the molecule is C=Cc1ccccc1.O=C(O)/C=C\C(=O)O.[H-].[Na+]. The number of hydrogen-bond donors (Lipinski definition) is 2. The van der Waals surface area contributed by atoms with Crippen LogP contribution >= 0.6 is 0 Å². The standard InChI is InChI=1S/C8H8.C4H4O4.Na.H/c1-2-8-6-4-3-5-7-8;5-3(6)1-2-4(7)8;;/h2-7H,1H2;1-2H,(H,5,6)(H,7,8);;/q;;+1;-1/b;2-1-;;.